The Hall–Kier alpha value is -1.16. The number of hydrogen-bond acceptors (Lipinski definition) is 5. The van der Waals surface area contributed by atoms with Gasteiger partial charge in [0.2, 0.25) is 0 Å². The molecule has 0 N–H and O–H groups in total. The Morgan fingerprint density at radius 1 is 1.17 bits per heavy atom. The van der Waals surface area contributed by atoms with Crippen molar-refractivity contribution in [3.63, 3.8) is 0 Å². The van der Waals surface area contributed by atoms with Gasteiger partial charge in [0.15, 0.2) is 5.66 Å². The predicted octanol–water partition coefficient (Wildman–Crippen LogP) is 4.85. The maximum atomic E-state index is 12.7. The van der Waals surface area contributed by atoms with E-state index in [-0.39, 0.29) is 18.6 Å². The number of carbonyl (C=O) groups excluding carboxylic acids is 1. The SMILES string of the molecule is CCOP(=O)(OCC)C(C)C(=O)Oc1ccc(C)cc1C(C)(C)C. The Morgan fingerprint density at radius 2 is 1.71 bits per heavy atom. The lowest BCUT2D eigenvalue weighted by Crippen LogP contribution is -2.26. The monoisotopic (exact) mass is 356 g/mol. The van der Waals surface area contributed by atoms with Crippen molar-refractivity contribution in [1.29, 1.82) is 0 Å². The molecule has 0 heterocycles. The fourth-order valence-corrected chi connectivity index (χ4v) is 3.81. The zero-order valence-corrected chi connectivity index (χ0v) is 16.6. The third-order valence-electron chi connectivity index (χ3n) is 3.59. The van der Waals surface area contributed by atoms with Gasteiger partial charge in [-0.05, 0) is 39.2 Å². The lowest BCUT2D eigenvalue weighted by molar-refractivity contribution is -0.134. The summed E-state index contributed by atoms with van der Waals surface area (Å²) in [5, 5.41) is 0. The lowest BCUT2D eigenvalue weighted by Gasteiger charge is -2.25. The molecule has 0 amide bonds. The molecular weight excluding hydrogens is 327 g/mol. The van der Waals surface area contributed by atoms with Crippen molar-refractivity contribution in [3.05, 3.63) is 29.3 Å². The summed E-state index contributed by atoms with van der Waals surface area (Å²) in [4.78, 5) is 12.5. The molecule has 0 saturated heterocycles. The molecule has 1 rings (SSSR count). The Bertz CT molecular complexity index is 608. The van der Waals surface area contributed by atoms with E-state index < -0.39 is 19.2 Å². The minimum absolute atomic E-state index is 0.186. The van der Waals surface area contributed by atoms with Gasteiger partial charge in [0, 0.05) is 5.56 Å². The highest BCUT2D eigenvalue weighted by atomic mass is 31.2. The Kier molecular flexibility index (Phi) is 7.21. The molecule has 0 aromatic heterocycles. The van der Waals surface area contributed by atoms with Crippen LogP contribution in [0.2, 0.25) is 0 Å². The molecule has 0 fully saturated rings. The van der Waals surface area contributed by atoms with Gasteiger partial charge >= 0.3 is 13.6 Å². The molecule has 0 spiro atoms. The summed E-state index contributed by atoms with van der Waals surface area (Å²) in [7, 11) is -3.54. The van der Waals surface area contributed by atoms with Crippen molar-refractivity contribution in [1.82, 2.24) is 0 Å². The van der Waals surface area contributed by atoms with E-state index in [0.29, 0.717) is 5.75 Å². The van der Waals surface area contributed by atoms with Gasteiger partial charge in [-0.2, -0.15) is 0 Å². The van der Waals surface area contributed by atoms with Gasteiger partial charge in [0.25, 0.3) is 0 Å². The summed E-state index contributed by atoms with van der Waals surface area (Å²) >= 11 is 0. The maximum Gasteiger partial charge on any atom is 0.344 e. The molecule has 0 bridgehead atoms. The first-order chi connectivity index (χ1) is 11.0. The molecule has 24 heavy (non-hydrogen) atoms. The molecule has 0 aliphatic rings. The Morgan fingerprint density at radius 3 is 2.17 bits per heavy atom. The van der Waals surface area contributed by atoms with E-state index in [1.54, 1.807) is 19.9 Å². The van der Waals surface area contributed by atoms with Crippen LogP contribution in [0.25, 0.3) is 0 Å². The fourth-order valence-electron chi connectivity index (χ4n) is 2.26. The number of benzene rings is 1. The molecule has 6 heteroatoms. The first kappa shape index (κ1) is 20.9. The van der Waals surface area contributed by atoms with Crippen molar-refractivity contribution in [3.8, 4) is 5.75 Å². The van der Waals surface area contributed by atoms with E-state index in [1.165, 1.54) is 6.92 Å². The van der Waals surface area contributed by atoms with Crippen LogP contribution in [-0.4, -0.2) is 24.8 Å². The van der Waals surface area contributed by atoms with Crippen LogP contribution in [0.15, 0.2) is 18.2 Å². The standard InChI is InChI=1S/C18H29O5P/c1-8-21-24(20,22-9-2)14(4)17(19)23-16-11-10-13(3)12-15(16)18(5,6)7/h10-12,14H,8-9H2,1-7H3. The number of esters is 1. The molecule has 136 valence electrons. The van der Waals surface area contributed by atoms with Crippen LogP contribution in [0.5, 0.6) is 5.75 Å². The lowest BCUT2D eigenvalue weighted by atomic mass is 9.85. The van der Waals surface area contributed by atoms with Crippen molar-refractivity contribution in [2.75, 3.05) is 13.2 Å². The topological polar surface area (TPSA) is 61.8 Å². The molecule has 0 radical (unpaired) electrons. The van der Waals surface area contributed by atoms with Crippen molar-refractivity contribution >= 4 is 13.6 Å². The number of aryl methyl sites for hydroxylation is 1. The number of ether oxygens (including phenoxy) is 1. The molecule has 1 aromatic carbocycles. The van der Waals surface area contributed by atoms with Crippen LogP contribution in [-0.2, 0) is 23.8 Å². The number of hydrogen-bond donors (Lipinski definition) is 0. The van der Waals surface area contributed by atoms with Gasteiger partial charge in [-0.3, -0.25) is 9.36 Å². The van der Waals surface area contributed by atoms with E-state index in [0.717, 1.165) is 11.1 Å². The molecule has 1 atom stereocenters. The summed E-state index contributed by atoms with van der Waals surface area (Å²) < 4.78 is 28.8. The number of rotatable bonds is 7. The second-order valence-corrected chi connectivity index (χ2v) is 9.09. The third kappa shape index (κ3) is 5.17. The molecule has 1 aromatic rings. The summed E-state index contributed by atoms with van der Waals surface area (Å²) in [5.41, 5.74) is 0.827. The average molecular weight is 356 g/mol. The zero-order valence-electron chi connectivity index (χ0n) is 15.7. The van der Waals surface area contributed by atoms with E-state index >= 15 is 0 Å². The van der Waals surface area contributed by atoms with E-state index in [9.17, 15) is 9.36 Å². The van der Waals surface area contributed by atoms with Crippen LogP contribution in [0.4, 0.5) is 0 Å². The smallest absolute Gasteiger partial charge is 0.344 e. The summed E-state index contributed by atoms with van der Waals surface area (Å²) in [6.07, 6.45) is 0. The maximum absolute atomic E-state index is 12.7. The van der Waals surface area contributed by atoms with Gasteiger partial charge in [-0.15, -0.1) is 0 Å². The molecule has 0 aliphatic heterocycles. The van der Waals surface area contributed by atoms with E-state index in [4.69, 9.17) is 13.8 Å². The van der Waals surface area contributed by atoms with Gasteiger partial charge in [0.05, 0.1) is 13.2 Å². The molecule has 5 nitrogen and oxygen atoms in total. The van der Waals surface area contributed by atoms with Gasteiger partial charge < -0.3 is 13.8 Å². The summed E-state index contributed by atoms with van der Waals surface area (Å²) in [6, 6.07) is 5.65. The second-order valence-electron chi connectivity index (χ2n) is 6.72. The van der Waals surface area contributed by atoms with Gasteiger partial charge in [-0.25, -0.2) is 0 Å². The minimum Gasteiger partial charge on any atom is -0.426 e. The highest BCUT2D eigenvalue weighted by Crippen LogP contribution is 2.53. The summed E-state index contributed by atoms with van der Waals surface area (Å²) in [5.74, 6) is -0.140. The molecule has 0 saturated carbocycles. The van der Waals surface area contributed by atoms with E-state index in [1.807, 2.05) is 39.8 Å². The molecular formula is C18H29O5P. The Balaban J connectivity index is 3.09. The first-order valence-electron chi connectivity index (χ1n) is 8.26. The van der Waals surface area contributed by atoms with Crippen LogP contribution in [0.1, 0.15) is 52.7 Å². The summed E-state index contributed by atoms with van der Waals surface area (Å²) in [6.45, 7) is 13.5. The van der Waals surface area contributed by atoms with Gasteiger partial charge in [-0.1, -0.05) is 38.5 Å². The Labute approximate surface area is 145 Å². The normalized spacial score (nSPS) is 13.6. The predicted molar refractivity (Wildman–Crippen MR) is 95.8 cm³/mol. The number of carbonyl (C=O) groups is 1. The van der Waals surface area contributed by atoms with Crippen molar-refractivity contribution in [2.24, 2.45) is 0 Å². The van der Waals surface area contributed by atoms with Crippen LogP contribution >= 0.6 is 7.60 Å². The quantitative estimate of drug-likeness (QED) is 0.397. The largest absolute Gasteiger partial charge is 0.426 e. The van der Waals surface area contributed by atoms with Crippen LogP contribution < -0.4 is 4.74 Å². The highest BCUT2D eigenvalue weighted by Gasteiger charge is 2.39. The second kappa shape index (κ2) is 8.28. The minimum atomic E-state index is -3.54. The molecule has 1 unspecified atom stereocenters. The molecule has 0 aliphatic carbocycles. The fraction of sp³-hybridized carbons (Fsp3) is 0.611. The van der Waals surface area contributed by atoms with E-state index in [2.05, 4.69) is 0 Å². The first-order valence-corrected chi connectivity index (χ1v) is 9.88. The van der Waals surface area contributed by atoms with Crippen molar-refractivity contribution in [2.45, 2.75) is 59.5 Å². The zero-order chi connectivity index (χ0) is 18.5. The van der Waals surface area contributed by atoms with Crippen molar-refractivity contribution < 1.29 is 23.1 Å². The average Bonchev–Trinajstić information content (AvgIpc) is 2.47. The highest BCUT2D eigenvalue weighted by molar-refractivity contribution is 7.55. The van der Waals surface area contributed by atoms with Crippen LogP contribution in [0, 0.1) is 6.92 Å². The van der Waals surface area contributed by atoms with Gasteiger partial charge in [0.1, 0.15) is 5.75 Å². The third-order valence-corrected chi connectivity index (χ3v) is 5.98. The van der Waals surface area contributed by atoms with Crippen LogP contribution in [0.3, 0.4) is 0 Å².